The summed E-state index contributed by atoms with van der Waals surface area (Å²) in [5, 5.41) is 0. The average molecular weight is 254 g/mol. The van der Waals surface area contributed by atoms with Crippen molar-refractivity contribution < 1.29 is 4.79 Å². The maximum atomic E-state index is 12.6. The molecule has 0 aliphatic rings. The Morgan fingerprint density at radius 2 is 1.74 bits per heavy atom. The zero-order valence-corrected chi connectivity index (χ0v) is 11.3. The molecular formula is C16H18N2O. The van der Waals surface area contributed by atoms with Crippen LogP contribution in [0.2, 0.25) is 0 Å². The lowest BCUT2D eigenvalue weighted by Gasteiger charge is -2.23. The van der Waals surface area contributed by atoms with Gasteiger partial charge in [-0.1, -0.05) is 30.3 Å². The first-order valence-corrected chi connectivity index (χ1v) is 6.37. The molecule has 2 aromatic carbocycles. The number of nitrogen functional groups attached to an aromatic ring is 1. The maximum Gasteiger partial charge on any atom is 0.260 e. The van der Waals surface area contributed by atoms with E-state index >= 15 is 0 Å². The predicted octanol–water partition coefficient (Wildman–Crippen LogP) is 3.24. The van der Waals surface area contributed by atoms with Gasteiger partial charge in [0.15, 0.2) is 0 Å². The van der Waals surface area contributed by atoms with Gasteiger partial charge in [-0.15, -0.1) is 0 Å². The van der Waals surface area contributed by atoms with Gasteiger partial charge in [-0.3, -0.25) is 4.79 Å². The molecule has 98 valence electrons. The molecule has 0 aliphatic heterocycles. The largest absolute Gasteiger partial charge is 0.398 e. The monoisotopic (exact) mass is 254 g/mol. The van der Waals surface area contributed by atoms with Gasteiger partial charge >= 0.3 is 0 Å². The molecule has 0 unspecified atom stereocenters. The highest BCUT2D eigenvalue weighted by Crippen LogP contribution is 2.23. The quantitative estimate of drug-likeness (QED) is 0.855. The number of rotatable bonds is 3. The molecule has 0 aromatic heterocycles. The minimum absolute atomic E-state index is 0.0603. The minimum atomic E-state index is -0.0603. The molecule has 3 nitrogen and oxygen atoms in total. The number of nitrogens with zero attached hydrogens (tertiary/aromatic N) is 1. The van der Waals surface area contributed by atoms with Gasteiger partial charge < -0.3 is 10.6 Å². The van der Waals surface area contributed by atoms with E-state index in [0.29, 0.717) is 17.8 Å². The SMILES string of the molecule is CCN(C(=O)c1ccccc1N)c1ccccc1C. The van der Waals surface area contributed by atoms with Gasteiger partial charge in [0.2, 0.25) is 0 Å². The predicted molar refractivity (Wildman–Crippen MR) is 79.4 cm³/mol. The van der Waals surface area contributed by atoms with Crippen LogP contribution in [0.5, 0.6) is 0 Å². The van der Waals surface area contributed by atoms with Crippen LogP contribution in [0.3, 0.4) is 0 Å². The van der Waals surface area contributed by atoms with E-state index in [1.807, 2.05) is 50.2 Å². The van der Waals surface area contributed by atoms with Crippen molar-refractivity contribution in [3.05, 3.63) is 59.7 Å². The third-order valence-corrected chi connectivity index (χ3v) is 3.16. The molecule has 2 rings (SSSR count). The summed E-state index contributed by atoms with van der Waals surface area (Å²) in [6, 6.07) is 15.0. The Labute approximate surface area is 113 Å². The van der Waals surface area contributed by atoms with E-state index in [2.05, 4.69) is 0 Å². The van der Waals surface area contributed by atoms with Crippen molar-refractivity contribution in [2.45, 2.75) is 13.8 Å². The van der Waals surface area contributed by atoms with Crippen LogP contribution in [-0.4, -0.2) is 12.5 Å². The van der Waals surface area contributed by atoms with Crippen LogP contribution in [-0.2, 0) is 0 Å². The van der Waals surface area contributed by atoms with Crippen molar-refractivity contribution >= 4 is 17.3 Å². The second-order valence-corrected chi connectivity index (χ2v) is 4.42. The number of carbonyl (C=O) groups excluding carboxylic acids is 1. The molecule has 3 heteroatoms. The van der Waals surface area contributed by atoms with Gasteiger partial charge in [0.25, 0.3) is 5.91 Å². The Morgan fingerprint density at radius 3 is 2.37 bits per heavy atom. The van der Waals surface area contributed by atoms with Crippen LogP contribution in [0, 0.1) is 6.92 Å². The summed E-state index contributed by atoms with van der Waals surface area (Å²) in [5.74, 6) is -0.0603. The Morgan fingerprint density at radius 1 is 1.11 bits per heavy atom. The molecule has 0 bridgehead atoms. The number of carbonyl (C=O) groups is 1. The van der Waals surface area contributed by atoms with Crippen molar-refractivity contribution in [2.75, 3.05) is 17.2 Å². The first-order chi connectivity index (χ1) is 9.15. The Kier molecular flexibility index (Phi) is 3.85. The van der Waals surface area contributed by atoms with E-state index in [1.165, 1.54) is 0 Å². The van der Waals surface area contributed by atoms with Crippen molar-refractivity contribution in [2.24, 2.45) is 0 Å². The Balaban J connectivity index is 2.41. The van der Waals surface area contributed by atoms with Gasteiger partial charge in [0.05, 0.1) is 5.56 Å². The fourth-order valence-corrected chi connectivity index (χ4v) is 2.13. The Bertz CT molecular complexity index is 593. The minimum Gasteiger partial charge on any atom is -0.398 e. The molecule has 0 atom stereocenters. The van der Waals surface area contributed by atoms with E-state index in [9.17, 15) is 4.79 Å². The zero-order valence-electron chi connectivity index (χ0n) is 11.3. The van der Waals surface area contributed by atoms with E-state index < -0.39 is 0 Å². The number of hydrogen-bond acceptors (Lipinski definition) is 2. The summed E-state index contributed by atoms with van der Waals surface area (Å²) < 4.78 is 0. The van der Waals surface area contributed by atoms with E-state index in [4.69, 9.17) is 5.73 Å². The number of para-hydroxylation sites is 2. The summed E-state index contributed by atoms with van der Waals surface area (Å²) in [7, 11) is 0. The van der Waals surface area contributed by atoms with Gasteiger partial charge in [-0.2, -0.15) is 0 Å². The molecular weight excluding hydrogens is 236 g/mol. The fraction of sp³-hybridized carbons (Fsp3) is 0.188. The number of aryl methyl sites for hydroxylation is 1. The summed E-state index contributed by atoms with van der Waals surface area (Å²) in [6.45, 7) is 4.57. The van der Waals surface area contributed by atoms with Gasteiger partial charge in [-0.05, 0) is 37.6 Å². The highest BCUT2D eigenvalue weighted by atomic mass is 16.2. The lowest BCUT2D eigenvalue weighted by molar-refractivity contribution is 0.0989. The highest BCUT2D eigenvalue weighted by Gasteiger charge is 2.18. The summed E-state index contributed by atoms with van der Waals surface area (Å²) in [6.07, 6.45) is 0. The average Bonchev–Trinajstić information content (AvgIpc) is 2.42. The van der Waals surface area contributed by atoms with Crippen molar-refractivity contribution in [3.63, 3.8) is 0 Å². The van der Waals surface area contributed by atoms with E-state index in [-0.39, 0.29) is 5.91 Å². The van der Waals surface area contributed by atoms with Crippen LogP contribution in [0.15, 0.2) is 48.5 Å². The fourth-order valence-electron chi connectivity index (χ4n) is 2.13. The number of benzene rings is 2. The summed E-state index contributed by atoms with van der Waals surface area (Å²) in [5.41, 5.74) is 8.95. The molecule has 2 aromatic rings. The number of hydrogen-bond donors (Lipinski definition) is 1. The smallest absolute Gasteiger partial charge is 0.260 e. The van der Waals surface area contributed by atoms with Gasteiger partial charge in [-0.25, -0.2) is 0 Å². The second kappa shape index (κ2) is 5.57. The lowest BCUT2D eigenvalue weighted by atomic mass is 10.1. The van der Waals surface area contributed by atoms with Crippen molar-refractivity contribution in [3.8, 4) is 0 Å². The molecule has 0 heterocycles. The third kappa shape index (κ3) is 2.60. The molecule has 19 heavy (non-hydrogen) atoms. The standard InChI is InChI=1S/C16H18N2O/c1-3-18(15-11-7-4-8-12(15)2)16(19)13-9-5-6-10-14(13)17/h4-11H,3,17H2,1-2H3. The summed E-state index contributed by atoms with van der Waals surface area (Å²) >= 11 is 0. The number of anilines is 2. The second-order valence-electron chi connectivity index (χ2n) is 4.42. The molecule has 0 spiro atoms. The molecule has 0 radical (unpaired) electrons. The van der Waals surface area contributed by atoms with Crippen molar-refractivity contribution in [1.82, 2.24) is 0 Å². The van der Waals surface area contributed by atoms with E-state index in [0.717, 1.165) is 11.3 Å². The van der Waals surface area contributed by atoms with Crippen molar-refractivity contribution in [1.29, 1.82) is 0 Å². The normalized spacial score (nSPS) is 10.2. The molecule has 0 saturated heterocycles. The third-order valence-electron chi connectivity index (χ3n) is 3.16. The molecule has 0 fully saturated rings. The number of nitrogens with two attached hydrogens (primary N) is 1. The van der Waals surface area contributed by atoms with Crippen LogP contribution >= 0.6 is 0 Å². The first-order valence-electron chi connectivity index (χ1n) is 6.37. The molecule has 0 saturated carbocycles. The first kappa shape index (κ1) is 13.1. The Hall–Kier alpha value is -2.29. The zero-order chi connectivity index (χ0) is 13.8. The van der Waals surface area contributed by atoms with Gasteiger partial charge in [0, 0.05) is 17.9 Å². The van der Waals surface area contributed by atoms with E-state index in [1.54, 1.807) is 17.0 Å². The molecule has 2 N–H and O–H groups in total. The van der Waals surface area contributed by atoms with Crippen LogP contribution in [0.1, 0.15) is 22.8 Å². The van der Waals surface area contributed by atoms with Crippen LogP contribution in [0.25, 0.3) is 0 Å². The van der Waals surface area contributed by atoms with Crippen LogP contribution in [0.4, 0.5) is 11.4 Å². The summed E-state index contributed by atoms with van der Waals surface area (Å²) in [4.78, 5) is 14.3. The maximum absolute atomic E-state index is 12.6. The highest BCUT2D eigenvalue weighted by molar-refractivity contribution is 6.09. The molecule has 1 amide bonds. The van der Waals surface area contributed by atoms with Gasteiger partial charge in [0.1, 0.15) is 0 Å². The van der Waals surface area contributed by atoms with Crippen LogP contribution < -0.4 is 10.6 Å². The lowest BCUT2D eigenvalue weighted by Crippen LogP contribution is -2.31. The molecule has 0 aliphatic carbocycles. The topological polar surface area (TPSA) is 46.3 Å². The number of amides is 1.